The summed E-state index contributed by atoms with van der Waals surface area (Å²) in [5.41, 5.74) is 10.2. The van der Waals surface area contributed by atoms with Crippen LogP contribution in [0.1, 0.15) is 36.1 Å². The van der Waals surface area contributed by atoms with E-state index >= 15 is 0 Å². The lowest BCUT2D eigenvalue weighted by atomic mass is 10.1. The van der Waals surface area contributed by atoms with Crippen molar-refractivity contribution >= 4 is 11.8 Å². The van der Waals surface area contributed by atoms with Gasteiger partial charge in [-0.25, -0.2) is 0 Å². The summed E-state index contributed by atoms with van der Waals surface area (Å²) in [5, 5.41) is 0. The highest BCUT2D eigenvalue weighted by atomic mass is 32.2. The van der Waals surface area contributed by atoms with Crippen LogP contribution >= 0.6 is 11.8 Å². The lowest BCUT2D eigenvalue weighted by molar-refractivity contribution is 0.685. The predicted molar refractivity (Wildman–Crippen MR) is 84.4 cm³/mol. The van der Waals surface area contributed by atoms with Crippen molar-refractivity contribution in [1.29, 1.82) is 0 Å². The number of rotatable bonds is 5. The minimum atomic E-state index is 0.139. The van der Waals surface area contributed by atoms with Gasteiger partial charge in [-0.05, 0) is 36.1 Å². The van der Waals surface area contributed by atoms with Crippen LogP contribution in [0.5, 0.6) is 0 Å². The Bertz CT molecular complexity index is 536. The van der Waals surface area contributed by atoms with Crippen LogP contribution in [0.25, 0.3) is 0 Å². The fraction of sp³-hybridized carbons (Fsp3) is 0.294. The van der Waals surface area contributed by atoms with Gasteiger partial charge in [0.2, 0.25) is 0 Å². The van der Waals surface area contributed by atoms with E-state index < -0.39 is 0 Å². The molecule has 0 unspecified atom stereocenters. The molecule has 2 N–H and O–H groups in total. The zero-order chi connectivity index (χ0) is 13.7. The molecule has 1 atom stereocenters. The summed E-state index contributed by atoms with van der Waals surface area (Å²) in [6.07, 6.45) is 0.974. The Balaban J connectivity index is 2.14. The van der Waals surface area contributed by atoms with Gasteiger partial charge in [-0.3, -0.25) is 0 Å². The van der Waals surface area contributed by atoms with Crippen molar-refractivity contribution in [3.63, 3.8) is 0 Å². The largest absolute Gasteiger partial charge is 0.324 e. The van der Waals surface area contributed by atoms with Gasteiger partial charge in [0, 0.05) is 16.7 Å². The van der Waals surface area contributed by atoms with E-state index in [1.54, 1.807) is 0 Å². The lowest BCUT2D eigenvalue weighted by Crippen LogP contribution is -2.09. The minimum absolute atomic E-state index is 0.139. The molecule has 1 nitrogen and oxygen atoms in total. The average molecular weight is 271 g/mol. The second kappa shape index (κ2) is 6.78. The monoisotopic (exact) mass is 271 g/mol. The first-order valence-corrected chi connectivity index (χ1v) is 7.72. The van der Waals surface area contributed by atoms with E-state index in [2.05, 4.69) is 62.4 Å². The van der Waals surface area contributed by atoms with Crippen LogP contribution in [-0.2, 0) is 5.75 Å². The Labute approximate surface area is 120 Å². The first-order valence-electron chi connectivity index (χ1n) is 6.74. The quantitative estimate of drug-likeness (QED) is 0.798. The molecule has 19 heavy (non-hydrogen) atoms. The molecule has 0 heterocycles. The van der Waals surface area contributed by atoms with E-state index in [1.165, 1.54) is 21.6 Å². The molecule has 0 bridgehead atoms. The van der Waals surface area contributed by atoms with Gasteiger partial charge >= 0.3 is 0 Å². The van der Waals surface area contributed by atoms with Crippen molar-refractivity contribution in [2.24, 2.45) is 5.73 Å². The summed E-state index contributed by atoms with van der Waals surface area (Å²) in [6.45, 7) is 4.30. The zero-order valence-electron chi connectivity index (χ0n) is 11.6. The van der Waals surface area contributed by atoms with E-state index in [4.69, 9.17) is 5.73 Å². The second-order valence-electron chi connectivity index (χ2n) is 4.77. The maximum Gasteiger partial charge on any atom is 0.0303 e. The van der Waals surface area contributed by atoms with Gasteiger partial charge in [-0.2, -0.15) is 0 Å². The molecule has 0 aromatic heterocycles. The van der Waals surface area contributed by atoms with E-state index in [0.717, 1.165) is 12.2 Å². The number of aryl methyl sites for hydroxylation is 1. The molecule has 2 aromatic rings. The number of benzene rings is 2. The van der Waals surface area contributed by atoms with Crippen LogP contribution in [-0.4, -0.2) is 0 Å². The smallest absolute Gasteiger partial charge is 0.0303 e. The van der Waals surface area contributed by atoms with Gasteiger partial charge in [-0.1, -0.05) is 49.4 Å². The third kappa shape index (κ3) is 3.62. The molecule has 0 aliphatic carbocycles. The maximum absolute atomic E-state index is 6.18. The lowest BCUT2D eigenvalue weighted by Gasteiger charge is -2.14. The Morgan fingerprint density at radius 3 is 2.47 bits per heavy atom. The summed E-state index contributed by atoms with van der Waals surface area (Å²) in [5.74, 6) is 1.00. The van der Waals surface area contributed by atoms with E-state index in [9.17, 15) is 0 Å². The Morgan fingerprint density at radius 1 is 1.05 bits per heavy atom. The van der Waals surface area contributed by atoms with Crippen molar-refractivity contribution in [3.8, 4) is 0 Å². The topological polar surface area (TPSA) is 26.0 Å². The van der Waals surface area contributed by atoms with Gasteiger partial charge in [0.05, 0.1) is 0 Å². The van der Waals surface area contributed by atoms with Gasteiger partial charge in [0.1, 0.15) is 0 Å². The second-order valence-corrected chi connectivity index (χ2v) is 5.78. The molecule has 0 saturated heterocycles. The highest BCUT2D eigenvalue weighted by Crippen LogP contribution is 2.30. The van der Waals surface area contributed by atoms with Crippen LogP contribution in [0.15, 0.2) is 53.4 Å². The molecule has 0 fully saturated rings. The molecule has 0 spiro atoms. The van der Waals surface area contributed by atoms with Crippen LogP contribution in [0.2, 0.25) is 0 Å². The first-order chi connectivity index (χ1) is 9.22. The molecular weight excluding hydrogens is 250 g/mol. The number of hydrogen-bond acceptors (Lipinski definition) is 2. The van der Waals surface area contributed by atoms with Crippen LogP contribution in [0.4, 0.5) is 0 Å². The normalized spacial score (nSPS) is 12.4. The maximum atomic E-state index is 6.18. The number of thioether (sulfide) groups is 1. The van der Waals surface area contributed by atoms with Crippen LogP contribution in [0.3, 0.4) is 0 Å². The van der Waals surface area contributed by atoms with E-state index in [1.807, 2.05) is 11.8 Å². The Morgan fingerprint density at radius 2 is 1.74 bits per heavy atom. The summed E-state index contributed by atoms with van der Waals surface area (Å²) >= 11 is 1.88. The summed E-state index contributed by atoms with van der Waals surface area (Å²) < 4.78 is 0. The molecule has 0 saturated carbocycles. The van der Waals surface area contributed by atoms with Crippen molar-refractivity contribution in [1.82, 2.24) is 0 Å². The first kappa shape index (κ1) is 14.2. The summed E-state index contributed by atoms with van der Waals surface area (Å²) in [6, 6.07) is 17.2. The van der Waals surface area contributed by atoms with Gasteiger partial charge in [-0.15, -0.1) is 11.8 Å². The molecule has 2 heteroatoms. The van der Waals surface area contributed by atoms with Gasteiger partial charge in [0.15, 0.2) is 0 Å². The molecule has 2 rings (SSSR count). The molecular formula is C17H21NS. The SMILES string of the molecule is CC[C@H](N)c1ccccc1SCc1ccccc1C. The highest BCUT2D eigenvalue weighted by Gasteiger charge is 2.09. The van der Waals surface area contributed by atoms with E-state index in [0.29, 0.717) is 0 Å². The fourth-order valence-electron chi connectivity index (χ4n) is 2.07. The van der Waals surface area contributed by atoms with Gasteiger partial charge < -0.3 is 5.73 Å². The zero-order valence-corrected chi connectivity index (χ0v) is 12.4. The summed E-state index contributed by atoms with van der Waals surface area (Å²) in [4.78, 5) is 1.31. The number of nitrogens with two attached hydrogens (primary N) is 1. The van der Waals surface area contributed by atoms with E-state index in [-0.39, 0.29) is 6.04 Å². The van der Waals surface area contributed by atoms with Crippen LogP contribution in [0, 0.1) is 6.92 Å². The predicted octanol–water partition coefficient (Wildman–Crippen LogP) is 4.70. The van der Waals surface area contributed by atoms with Crippen molar-refractivity contribution < 1.29 is 0 Å². The van der Waals surface area contributed by atoms with Crippen molar-refractivity contribution in [3.05, 3.63) is 65.2 Å². The molecule has 100 valence electrons. The van der Waals surface area contributed by atoms with Crippen molar-refractivity contribution in [2.75, 3.05) is 0 Å². The minimum Gasteiger partial charge on any atom is -0.324 e. The van der Waals surface area contributed by atoms with Gasteiger partial charge in [0.25, 0.3) is 0 Å². The fourth-order valence-corrected chi connectivity index (χ4v) is 3.26. The Hall–Kier alpha value is -1.25. The Kier molecular flexibility index (Phi) is 5.06. The standard InChI is InChI=1S/C17H21NS/c1-3-16(18)15-10-6-7-11-17(15)19-12-14-9-5-4-8-13(14)2/h4-11,16H,3,12,18H2,1-2H3/t16-/m0/s1. The molecule has 0 aliphatic heterocycles. The summed E-state index contributed by atoms with van der Waals surface area (Å²) in [7, 11) is 0. The third-order valence-corrected chi connectivity index (χ3v) is 4.54. The van der Waals surface area contributed by atoms with Crippen molar-refractivity contribution in [2.45, 2.75) is 37.0 Å². The highest BCUT2D eigenvalue weighted by molar-refractivity contribution is 7.98. The molecule has 0 amide bonds. The average Bonchev–Trinajstić information content (AvgIpc) is 2.46. The third-order valence-electron chi connectivity index (χ3n) is 3.40. The number of hydrogen-bond donors (Lipinski definition) is 1. The molecule has 0 aliphatic rings. The molecule has 0 radical (unpaired) electrons. The molecule has 2 aromatic carbocycles. The van der Waals surface area contributed by atoms with Crippen LogP contribution < -0.4 is 5.73 Å².